The molecule has 0 spiro atoms. The maximum absolute atomic E-state index is 12.0. The van der Waals surface area contributed by atoms with Crippen molar-refractivity contribution in [2.24, 2.45) is 0 Å². The van der Waals surface area contributed by atoms with Crippen molar-refractivity contribution in [1.29, 1.82) is 0 Å². The summed E-state index contributed by atoms with van der Waals surface area (Å²) in [7, 11) is 1.50. The highest BCUT2D eigenvalue weighted by atomic mass is 32.1. The Morgan fingerprint density at radius 1 is 1.44 bits per heavy atom. The van der Waals surface area contributed by atoms with E-state index < -0.39 is 0 Å². The lowest BCUT2D eigenvalue weighted by molar-refractivity contribution is 0.102. The number of nitrogens with two attached hydrogens (primary N) is 1. The Morgan fingerprint density at radius 3 is 2.83 bits per heavy atom. The lowest BCUT2D eigenvalue weighted by atomic mass is 10.1. The van der Waals surface area contributed by atoms with Crippen molar-refractivity contribution in [1.82, 2.24) is 10.2 Å². The molecule has 1 amide bonds. The number of ether oxygens (including phenoxy) is 1. The van der Waals surface area contributed by atoms with Gasteiger partial charge in [0.05, 0.1) is 12.7 Å². The first-order chi connectivity index (χ1) is 8.60. The van der Waals surface area contributed by atoms with E-state index in [1.54, 1.807) is 18.2 Å². The number of carbonyl (C=O) groups is 1. The number of anilines is 2. The Hall–Kier alpha value is -2.15. The molecule has 2 aromatic rings. The average Bonchev–Trinajstić information content (AvgIpc) is 2.74. The van der Waals surface area contributed by atoms with E-state index in [0.29, 0.717) is 22.1 Å². The van der Waals surface area contributed by atoms with Gasteiger partial charge in [-0.1, -0.05) is 11.3 Å². The summed E-state index contributed by atoms with van der Waals surface area (Å²) in [6.07, 6.45) is 0. The lowest BCUT2D eigenvalue weighted by Crippen LogP contribution is -2.13. The van der Waals surface area contributed by atoms with E-state index in [1.165, 1.54) is 18.4 Å². The van der Waals surface area contributed by atoms with Crippen LogP contribution >= 0.6 is 11.3 Å². The number of carbonyl (C=O) groups excluding carboxylic acids is 1. The number of rotatable bonds is 3. The third-order valence-corrected chi connectivity index (χ3v) is 2.97. The fourth-order valence-electron chi connectivity index (χ4n) is 1.41. The number of aromatic nitrogens is 2. The van der Waals surface area contributed by atoms with Crippen molar-refractivity contribution in [2.75, 3.05) is 18.2 Å². The number of nitrogen functional groups attached to an aromatic ring is 1. The summed E-state index contributed by atoms with van der Waals surface area (Å²) in [5.41, 5.74) is 6.52. The van der Waals surface area contributed by atoms with Crippen LogP contribution < -0.4 is 15.8 Å². The minimum Gasteiger partial charge on any atom is -0.496 e. The van der Waals surface area contributed by atoms with Crippen LogP contribution in [-0.4, -0.2) is 23.2 Å². The van der Waals surface area contributed by atoms with Crippen molar-refractivity contribution in [3.63, 3.8) is 0 Å². The van der Waals surface area contributed by atoms with E-state index >= 15 is 0 Å². The summed E-state index contributed by atoms with van der Waals surface area (Å²) >= 11 is 1.30. The van der Waals surface area contributed by atoms with E-state index in [4.69, 9.17) is 10.5 Å². The molecule has 0 atom stereocenters. The summed E-state index contributed by atoms with van der Waals surface area (Å²) in [4.78, 5) is 12.0. The van der Waals surface area contributed by atoms with Gasteiger partial charge in [-0.3, -0.25) is 10.1 Å². The van der Waals surface area contributed by atoms with Crippen LogP contribution in [0.3, 0.4) is 0 Å². The summed E-state index contributed by atoms with van der Waals surface area (Å²) in [6.45, 7) is 1.81. The van der Waals surface area contributed by atoms with Crippen LogP contribution in [0.25, 0.3) is 0 Å². The molecule has 0 aliphatic heterocycles. The molecule has 7 heteroatoms. The molecule has 0 aliphatic carbocycles. The van der Waals surface area contributed by atoms with Crippen LogP contribution in [0.2, 0.25) is 0 Å². The molecule has 1 aromatic carbocycles. The van der Waals surface area contributed by atoms with Crippen LogP contribution in [-0.2, 0) is 0 Å². The van der Waals surface area contributed by atoms with Gasteiger partial charge in [-0.25, -0.2) is 0 Å². The Balaban J connectivity index is 2.25. The van der Waals surface area contributed by atoms with Gasteiger partial charge in [0, 0.05) is 5.69 Å². The lowest BCUT2D eigenvalue weighted by Gasteiger charge is -2.08. The molecule has 1 heterocycles. The maximum Gasteiger partial charge on any atom is 0.261 e. The van der Waals surface area contributed by atoms with E-state index in [1.807, 2.05) is 6.92 Å². The van der Waals surface area contributed by atoms with Crippen molar-refractivity contribution in [3.8, 4) is 5.75 Å². The molecule has 0 aliphatic rings. The van der Waals surface area contributed by atoms with Gasteiger partial charge in [-0.2, -0.15) is 0 Å². The molecule has 0 bridgehead atoms. The van der Waals surface area contributed by atoms with Gasteiger partial charge in [0.2, 0.25) is 5.13 Å². The highest BCUT2D eigenvalue weighted by Gasteiger charge is 2.14. The largest absolute Gasteiger partial charge is 0.496 e. The SMILES string of the molecule is COc1ccc(N)cc1C(=O)Nc1nnc(C)s1. The topological polar surface area (TPSA) is 90.1 Å². The summed E-state index contributed by atoms with van der Waals surface area (Å²) in [6, 6.07) is 4.88. The molecule has 1 aromatic heterocycles. The Bertz CT molecular complexity index is 582. The number of hydrogen-bond donors (Lipinski definition) is 2. The number of aryl methyl sites for hydroxylation is 1. The second-order valence-electron chi connectivity index (χ2n) is 3.54. The first-order valence-electron chi connectivity index (χ1n) is 5.15. The van der Waals surface area contributed by atoms with E-state index in [2.05, 4.69) is 15.5 Å². The maximum atomic E-state index is 12.0. The quantitative estimate of drug-likeness (QED) is 0.823. The number of nitrogens with one attached hydrogen (secondary N) is 1. The fourth-order valence-corrected chi connectivity index (χ4v) is 2.00. The Morgan fingerprint density at radius 2 is 2.22 bits per heavy atom. The molecule has 0 saturated carbocycles. The van der Waals surface area contributed by atoms with E-state index in [-0.39, 0.29) is 5.91 Å². The minimum absolute atomic E-state index is 0.324. The Labute approximate surface area is 108 Å². The van der Waals surface area contributed by atoms with Crippen molar-refractivity contribution < 1.29 is 9.53 Å². The summed E-state index contributed by atoms with van der Waals surface area (Å²) in [5, 5.41) is 11.5. The molecular formula is C11H12N4O2S. The molecule has 0 radical (unpaired) electrons. The molecule has 18 heavy (non-hydrogen) atoms. The van der Waals surface area contributed by atoms with Gasteiger partial charge in [0.25, 0.3) is 5.91 Å². The second-order valence-corrected chi connectivity index (χ2v) is 4.72. The summed E-state index contributed by atoms with van der Waals surface area (Å²) < 4.78 is 5.12. The van der Waals surface area contributed by atoms with Crippen LogP contribution in [0, 0.1) is 6.92 Å². The first kappa shape index (κ1) is 12.3. The summed E-state index contributed by atoms with van der Waals surface area (Å²) in [5.74, 6) is 0.137. The zero-order valence-corrected chi connectivity index (χ0v) is 10.7. The molecule has 3 N–H and O–H groups in total. The van der Waals surface area contributed by atoms with Gasteiger partial charge >= 0.3 is 0 Å². The number of amides is 1. The smallest absolute Gasteiger partial charge is 0.261 e. The van der Waals surface area contributed by atoms with Gasteiger partial charge in [-0.15, -0.1) is 10.2 Å². The van der Waals surface area contributed by atoms with Crippen LogP contribution in [0.4, 0.5) is 10.8 Å². The van der Waals surface area contributed by atoms with Gasteiger partial charge in [0.1, 0.15) is 10.8 Å². The molecule has 2 rings (SSSR count). The highest BCUT2D eigenvalue weighted by molar-refractivity contribution is 7.15. The predicted octanol–water partition coefficient (Wildman–Crippen LogP) is 1.69. The normalized spacial score (nSPS) is 10.1. The van der Waals surface area contributed by atoms with Crippen LogP contribution in [0.5, 0.6) is 5.75 Å². The third-order valence-electron chi connectivity index (χ3n) is 2.21. The molecule has 94 valence electrons. The molecule has 0 saturated heterocycles. The highest BCUT2D eigenvalue weighted by Crippen LogP contribution is 2.23. The number of benzene rings is 1. The molecular weight excluding hydrogens is 252 g/mol. The molecule has 0 fully saturated rings. The third kappa shape index (κ3) is 2.57. The van der Waals surface area contributed by atoms with Crippen molar-refractivity contribution in [3.05, 3.63) is 28.8 Å². The second kappa shape index (κ2) is 5.01. The van der Waals surface area contributed by atoms with Crippen molar-refractivity contribution in [2.45, 2.75) is 6.92 Å². The monoisotopic (exact) mass is 264 g/mol. The zero-order chi connectivity index (χ0) is 13.1. The molecule has 0 unspecified atom stereocenters. The van der Waals surface area contributed by atoms with E-state index in [0.717, 1.165) is 5.01 Å². The first-order valence-corrected chi connectivity index (χ1v) is 5.97. The fraction of sp³-hybridized carbons (Fsp3) is 0.182. The van der Waals surface area contributed by atoms with E-state index in [9.17, 15) is 4.79 Å². The molecule has 6 nitrogen and oxygen atoms in total. The van der Waals surface area contributed by atoms with Gasteiger partial charge in [-0.05, 0) is 25.1 Å². The van der Waals surface area contributed by atoms with Crippen molar-refractivity contribution >= 4 is 28.1 Å². The zero-order valence-electron chi connectivity index (χ0n) is 9.93. The van der Waals surface area contributed by atoms with Gasteiger partial charge in [0.15, 0.2) is 0 Å². The standard InChI is InChI=1S/C11H12N4O2S/c1-6-14-15-11(18-6)13-10(16)8-5-7(12)3-4-9(8)17-2/h3-5H,12H2,1-2H3,(H,13,15,16). The average molecular weight is 264 g/mol. The Kier molecular flexibility index (Phi) is 3.42. The van der Waals surface area contributed by atoms with Crippen LogP contribution in [0.15, 0.2) is 18.2 Å². The number of hydrogen-bond acceptors (Lipinski definition) is 6. The van der Waals surface area contributed by atoms with Gasteiger partial charge < -0.3 is 10.5 Å². The minimum atomic E-state index is -0.324. The number of nitrogens with zero attached hydrogens (tertiary/aromatic N) is 2. The van der Waals surface area contributed by atoms with Crippen LogP contribution in [0.1, 0.15) is 15.4 Å². The number of methoxy groups -OCH3 is 1. The predicted molar refractivity (Wildman–Crippen MR) is 70.0 cm³/mol.